The molecular weight excluding hydrogens is 180 g/mol. The molecule has 0 saturated heterocycles. The van der Waals surface area contributed by atoms with E-state index in [2.05, 4.69) is 4.98 Å². The van der Waals surface area contributed by atoms with Crippen molar-refractivity contribution in [2.24, 2.45) is 0 Å². The lowest BCUT2D eigenvalue weighted by atomic mass is 10.4. The smallest absolute Gasteiger partial charge is 0.227 e. The molecule has 0 fully saturated rings. The lowest BCUT2D eigenvalue weighted by Crippen LogP contribution is -2.25. The van der Waals surface area contributed by atoms with Gasteiger partial charge < -0.3 is 4.74 Å². The number of aromatic nitrogens is 1. The van der Waals surface area contributed by atoms with Gasteiger partial charge in [0, 0.05) is 19.5 Å². The number of methoxy groups -OCH3 is 1. The maximum Gasteiger partial charge on any atom is 0.227 e. The maximum absolute atomic E-state index is 11.4. The molecule has 4 nitrogen and oxygen atoms in total. The van der Waals surface area contributed by atoms with Gasteiger partial charge in [0.25, 0.3) is 0 Å². The largest absolute Gasteiger partial charge is 0.481 e. The second-order valence-electron chi connectivity index (χ2n) is 2.84. The van der Waals surface area contributed by atoms with Crippen LogP contribution in [0, 0.1) is 0 Å². The summed E-state index contributed by atoms with van der Waals surface area (Å²) in [6, 6.07) is 5.32. The molecule has 1 rings (SSSR count). The minimum absolute atomic E-state index is 0.0331. The van der Waals surface area contributed by atoms with E-state index in [0.29, 0.717) is 18.1 Å². The highest BCUT2D eigenvalue weighted by molar-refractivity contribution is 5.91. The van der Waals surface area contributed by atoms with Crippen LogP contribution in [0.5, 0.6) is 5.88 Å². The molecule has 1 amide bonds. The number of anilines is 1. The monoisotopic (exact) mass is 194 g/mol. The van der Waals surface area contributed by atoms with E-state index in [9.17, 15) is 4.79 Å². The summed E-state index contributed by atoms with van der Waals surface area (Å²) in [4.78, 5) is 17.0. The van der Waals surface area contributed by atoms with Crippen LogP contribution < -0.4 is 9.64 Å². The van der Waals surface area contributed by atoms with Gasteiger partial charge in [0.1, 0.15) is 5.82 Å². The van der Waals surface area contributed by atoms with Crippen molar-refractivity contribution in [3.05, 3.63) is 18.2 Å². The predicted molar refractivity (Wildman–Crippen MR) is 54.5 cm³/mol. The van der Waals surface area contributed by atoms with Crippen LogP contribution in [0.4, 0.5) is 5.82 Å². The molecule has 76 valence electrons. The van der Waals surface area contributed by atoms with Gasteiger partial charge >= 0.3 is 0 Å². The van der Waals surface area contributed by atoms with Crippen molar-refractivity contribution in [1.82, 2.24) is 4.98 Å². The zero-order valence-corrected chi connectivity index (χ0v) is 8.65. The lowest BCUT2D eigenvalue weighted by molar-refractivity contribution is -0.118. The average Bonchev–Trinajstić information content (AvgIpc) is 2.27. The number of carbonyl (C=O) groups is 1. The molecular formula is C10H14N2O2. The molecule has 0 bridgehead atoms. The first kappa shape index (κ1) is 10.5. The molecule has 1 aromatic heterocycles. The predicted octanol–water partition coefficient (Wildman–Crippen LogP) is 1.46. The van der Waals surface area contributed by atoms with E-state index in [1.807, 2.05) is 6.92 Å². The lowest BCUT2D eigenvalue weighted by Gasteiger charge is -2.15. The van der Waals surface area contributed by atoms with Crippen molar-refractivity contribution >= 4 is 11.7 Å². The number of nitrogens with zero attached hydrogens (tertiary/aromatic N) is 2. The minimum Gasteiger partial charge on any atom is -0.481 e. The standard InChI is InChI=1S/C10H14N2O2/c1-4-10(13)12(2)8-6-5-7-9(11-8)14-3/h5-7H,4H2,1-3H3. The Bertz CT molecular complexity index is 326. The number of carbonyl (C=O) groups excluding carboxylic acids is 1. The van der Waals surface area contributed by atoms with Gasteiger partial charge in [-0.3, -0.25) is 9.69 Å². The highest BCUT2D eigenvalue weighted by Gasteiger charge is 2.09. The van der Waals surface area contributed by atoms with Crippen molar-refractivity contribution in [1.29, 1.82) is 0 Å². The summed E-state index contributed by atoms with van der Waals surface area (Å²) in [5.74, 6) is 1.15. The van der Waals surface area contributed by atoms with Crippen molar-refractivity contribution in [3.63, 3.8) is 0 Å². The molecule has 0 saturated carbocycles. The van der Waals surface area contributed by atoms with Gasteiger partial charge in [-0.25, -0.2) is 0 Å². The topological polar surface area (TPSA) is 42.4 Å². The number of hydrogen-bond acceptors (Lipinski definition) is 3. The number of pyridine rings is 1. The van der Waals surface area contributed by atoms with E-state index in [1.54, 1.807) is 32.4 Å². The summed E-state index contributed by atoms with van der Waals surface area (Å²) in [5.41, 5.74) is 0. The average molecular weight is 194 g/mol. The third kappa shape index (κ3) is 2.22. The highest BCUT2D eigenvalue weighted by Crippen LogP contribution is 2.14. The fourth-order valence-electron chi connectivity index (χ4n) is 1.07. The first-order valence-electron chi connectivity index (χ1n) is 4.46. The quantitative estimate of drug-likeness (QED) is 0.731. The molecule has 14 heavy (non-hydrogen) atoms. The van der Waals surface area contributed by atoms with Crippen LogP contribution in [0.2, 0.25) is 0 Å². The summed E-state index contributed by atoms with van der Waals surface area (Å²) in [6.07, 6.45) is 0.468. The molecule has 1 heterocycles. The first-order valence-corrected chi connectivity index (χ1v) is 4.46. The van der Waals surface area contributed by atoms with Gasteiger partial charge in [-0.15, -0.1) is 0 Å². The molecule has 0 aromatic carbocycles. The van der Waals surface area contributed by atoms with Crippen LogP contribution in [0.15, 0.2) is 18.2 Å². The molecule has 0 unspecified atom stereocenters. The molecule has 0 radical (unpaired) electrons. The Balaban J connectivity index is 2.89. The van der Waals surface area contributed by atoms with Crippen molar-refractivity contribution in [2.45, 2.75) is 13.3 Å². The fourth-order valence-corrected chi connectivity index (χ4v) is 1.07. The Hall–Kier alpha value is -1.58. The van der Waals surface area contributed by atoms with Crippen LogP contribution in [0.25, 0.3) is 0 Å². The van der Waals surface area contributed by atoms with Gasteiger partial charge in [0.2, 0.25) is 11.8 Å². The molecule has 0 spiro atoms. The van der Waals surface area contributed by atoms with E-state index in [4.69, 9.17) is 4.74 Å². The second kappa shape index (κ2) is 4.60. The van der Waals surface area contributed by atoms with E-state index in [0.717, 1.165) is 0 Å². The van der Waals surface area contributed by atoms with Gasteiger partial charge in [0.15, 0.2) is 0 Å². The number of hydrogen-bond donors (Lipinski definition) is 0. The molecule has 0 aliphatic heterocycles. The number of ether oxygens (including phenoxy) is 1. The van der Waals surface area contributed by atoms with E-state index >= 15 is 0 Å². The Kier molecular flexibility index (Phi) is 3.45. The van der Waals surface area contributed by atoms with Crippen LogP contribution in [-0.2, 0) is 4.79 Å². The summed E-state index contributed by atoms with van der Waals surface area (Å²) in [5, 5.41) is 0. The van der Waals surface area contributed by atoms with E-state index < -0.39 is 0 Å². The Morgan fingerprint density at radius 2 is 2.29 bits per heavy atom. The summed E-state index contributed by atoms with van der Waals surface area (Å²) >= 11 is 0. The maximum atomic E-state index is 11.4. The van der Waals surface area contributed by atoms with Crippen molar-refractivity contribution in [2.75, 3.05) is 19.1 Å². The SMILES string of the molecule is CCC(=O)N(C)c1cccc(OC)n1. The number of rotatable bonds is 3. The van der Waals surface area contributed by atoms with Crippen LogP contribution >= 0.6 is 0 Å². The molecule has 0 aliphatic rings. The summed E-state index contributed by atoms with van der Waals surface area (Å²) in [7, 11) is 3.25. The van der Waals surface area contributed by atoms with E-state index in [-0.39, 0.29) is 5.91 Å². The van der Waals surface area contributed by atoms with Crippen molar-refractivity contribution in [3.8, 4) is 5.88 Å². The van der Waals surface area contributed by atoms with Gasteiger partial charge in [0.05, 0.1) is 7.11 Å². The zero-order chi connectivity index (χ0) is 10.6. The van der Waals surface area contributed by atoms with Crippen LogP contribution in [-0.4, -0.2) is 25.0 Å². The Morgan fingerprint density at radius 3 is 2.86 bits per heavy atom. The summed E-state index contributed by atoms with van der Waals surface area (Å²) in [6.45, 7) is 1.82. The second-order valence-corrected chi connectivity index (χ2v) is 2.84. The first-order chi connectivity index (χ1) is 6.69. The van der Waals surface area contributed by atoms with Crippen LogP contribution in [0.3, 0.4) is 0 Å². The van der Waals surface area contributed by atoms with Crippen molar-refractivity contribution < 1.29 is 9.53 Å². The van der Waals surface area contributed by atoms with Gasteiger partial charge in [-0.1, -0.05) is 13.0 Å². The third-order valence-corrected chi connectivity index (χ3v) is 1.94. The Labute approximate surface area is 83.5 Å². The Morgan fingerprint density at radius 1 is 1.57 bits per heavy atom. The number of amides is 1. The van der Waals surface area contributed by atoms with Gasteiger partial charge in [-0.05, 0) is 6.07 Å². The fraction of sp³-hybridized carbons (Fsp3) is 0.400. The molecule has 0 N–H and O–H groups in total. The minimum atomic E-state index is 0.0331. The molecule has 0 atom stereocenters. The molecule has 1 aromatic rings. The van der Waals surface area contributed by atoms with Crippen LogP contribution in [0.1, 0.15) is 13.3 Å². The molecule has 0 aliphatic carbocycles. The normalized spacial score (nSPS) is 9.64. The zero-order valence-electron chi connectivity index (χ0n) is 8.65. The summed E-state index contributed by atoms with van der Waals surface area (Å²) < 4.78 is 4.97. The van der Waals surface area contributed by atoms with E-state index in [1.165, 1.54) is 4.90 Å². The van der Waals surface area contributed by atoms with Gasteiger partial charge in [-0.2, -0.15) is 4.98 Å². The molecule has 4 heteroatoms. The third-order valence-electron chi connectivity index (χ3n) is 1.94. The highest BCUT2D eigenvalue weighted by atomic mass is 16.5.